The fourth-order valence-corrected chi connectivity index (χ4v) is 5.78. The van der Waals surface area contributed by atoms with Gasteiger partial charge in [0.05, 0.1) is 12.7 Å². The number of anilines is 1. The number of amides is 2. The summed E-state index contributed by atoms with van der Waals surface area (Å²) in [4.78, 5) is 29.4. The SMILES string of the molecule is COc1ccc(N2CCN(C(=O)c3cc(CC4NNC(=O)C5CCCCC45)ccc3F)CC2)cc1. The number of ether oxygens (including phenoxy) is 1. The maximum Gasteiger partial charge on any atom is 0.256 e. The molecule has 2 heterocycles. The van der Waals surface area contributed by atoms with E-state index in [-0.39, 0.29) is 35.3 Å². The van der Waals surface area contributed by atoms with Gasteiger partial charge in [0.15, 0.2) is 0 Å². The second kappa shape index (κ2) is 10.2. The molecule has 3 fully saturated rings. The first-order chi connectivity index (χ1) is 17.0. The van der Waals surface area contributed by atoms with Crippen LogP contribution in [0.2, 0.25) is 0 Å². The van der Waals surface area contributed by atoms with Crippen molar-refractivity contribution in [1.29, 1.82) is 0 Å². The molecule has 1 aliphatic carbocycles. The molecule has 186 valence electrons. The van der Waals surface area contributed by atoms with Crippen LogP contribution < -0.4 is 20.5 Å². The van der Waals surface area contributed by atoms with Crippen molar-refractivity contribution >= 4 is 17.5 Å². The first-order valence-electron chi connectivity index (χ1n) is 12.6. The molecule has 8 heteroatoms. The number of hydrazine groups is 1. The lowest BCUT2D eigenvalue weighted by Crippen LogP contribution is -2.60. The number of carbonyl (C=O) groups is 2. The van der Waals surface area contributed by atoms with Crippen molar-refractivity contribution in [3.8, 4) is 5.75 Å². The van der Waals surface area contributed by atoms with Crippen LogP contribution in [0.25, 0.3) is 0 Å². The summed E-state index contributed by atoms with van der Waals surface area (Å²) >= 11 is 0. The van der Waals surface area contributed by atoms with Gasteiger partial charge in [0.2, 0.25) is 5.91 Å². The lowest BCUT2D eigenvalue weighted by atomic mass is 9.72. The zero-order valence-corrected chi connectivity index (χ0v) is 20.1. The predicted molar refractivity (Wildman–Crippen MR) is 132 cm³/mol. The van der Waals surface area contributed by atoms with Crippen LogP contribution in [0, 0.1) is 17.7 Å². The third-order valence-corrected chi connectivity index (χ3v) is 7.78. The molecular weight excluding hydrogens is 447 g/mol. The van der Waals surface area contributed by atoms with Gasteiger partial charge in [-0.15, -0.1) is 0 Å². The molecule has 0 spiro atoms. The van der Waals surface area contributed by atoms with E-state index in [1.165, 1.54) is 6.07 Å². The number of piperazine rings is 1. The smallest absolute Gasteiger partial charge is 0.256 e. The molecule has 2 aromatic rings. The Morgan fingerprint density at radius 2 is 1.80 bits per heavy atom. The number of hydrogen-bond donors (Lipinski definition) is 2. The Morgan fingerprint density at radius 1 is 1.06 bits per heavy atom. The lowest BCUT2D eigenvalue weighted by molar-refractivity contribution is -0.133. The zero-order valence-electron chi connectivity index (χ0n) is 20.1. The maximum absolute atomic E-state index is 14.7. The van der Waals surface area contributed by atoms with E-state index in [1.807, 2.05) is 24.3 Å². The Balaban J connectivity index is 1.24. The molecule has 2 saturated heterocycles. The molecule has 7 nitrogen and oxygen atoms in total. The largest absolute Gasteiger partial charge is 0.497 e. The molecule has 1 saturated carbocycles. The van der Waals surface area contributed by atoms with Gasteiger partial charge in [0.25, 0.3) is 5.91 Å². The first kappa shape index (κ1) is 23.6. The van der Waals surface area contributed by atoms with Crippen molar-refractivity contribution in [1.82, 2.24) is 15.8 Å². The van der Waals surface area contributed by atoms with E-state index in [2.05, 4.69) is 15.8 Å². The maximum atomic E-state index is 14.7. The number of rotatable bonds is 5. The summed E-state index contributed by atoms with van der Waals surface area (Å²) in [6, 6.07) is 12.8. The number of hydrogen-bond acceptors (Lipinski definition) is 5. The normalized spacial score (nSPS) is 24.5. The van der Waals surface area contributed by atoms with Gasteiger partial charge < -0.3 is 14.5 Å². The molecule has 35 heavy (non-hydrogen) atoms. The molecule has 2 N–H and O–H groups in total. The molecule has 0 bridgehead atoms. The Hall–Kier alpha value is -3.13. The van der Waals surface area contributed by atoms with Crippen LogP contribution in [0.15, 0.2) is 42.5 Å². The van der Waals surface area contributed by atoms with E-state index in [1.54, 1.807) is 24.1 Å². The van der Waals surface area contributed by atoms with Crippen molar-refractivity contribution < 1.29 is 18.7 Å². The minimum atomic E-state index is -0.489. The second-order valence-corrected chi connectivity index (χ2v) is 9.79. The highest BCUT2D eigenvalue weighted by Crippen LogP contribution is 2.35. The predicted octanol–water partition coefficient (Wildman–Crippen LogP) is 3.15. The summed E-state index contributed by atoms with van der Waals surface area (Å²) in [5.74, 6) is 0.444. The molecule has 3 aliphatic rings. The van der Waals surface area contributed by atoms with Gasteiger partial charge in [-0.25, -0.2) is 9.82 Å². The molecule has 5 rings (SSSR count). The summed E-state index contributed by atoms with van der Waals surface area (Å²) in [6.07, 6.45) is 4.79. The van der Waals surface area contributed by atoms with Gasteiger partial charge in [0.1, 0.15) is 11.6 Å². The minimum absolute atomic E-state index is 0.0403. The summed E-state index contributed by atoms with van der Waals surface area (Å²) in [6.45, 7) is 2.45. The molecule has 3 atom stereocenters. The summed E-state index contributed by atoms with van der Waals surface area (Å²) < 4.78 is 20.0. The lowest BCUT2D eigenvalue weighted by Gasteiger charge is -2.41. The van der Waals surface area contributed by atoms with Crippen LogP contribution in [0.4, 0.5) is 10.1 Å². The molecule has 0 aromatic heterocycles. The van der Waals surface area contributed by atoms with Crippen LogP contribution in [-0.2, 0) is 11.2 Å². The first-order valence-corrected chi connectivity index (χ1v) is 12.6. The summed E-state index contributed by atoms with van der Waals surface area (Å²) in [5.41, 5.74) is 8.11. The second-order valence-electron chi connectivity index (χ2n) is 9.79. The van der Waals surface area contributed by atoms with Crippen molar-refractivity contribution in [3.63, 3.8) is 0 Å². The highest BCUT2D eigenvalue weighted by molar-refractivity contribution is 5.95. The van der Waals surface area contributed by atoms with E-state index in [0.29, 0.717) is 32.6 Å². The van der Waals surface area contributed by atoms with E-state index in [4.69, 9.17) is 4.74 Å². The average Bonchev–Trinajstić information content (AvgIpc) is 2.91. The van der Waals surface area contributed by atoms with Crippen LogP contribution in [0.1, 0.15) is 41.6 Å². The molecule has 0 radical (unpaired) electrons. The number of carbonyl (C=O) groups excluding carboxylic acids is 2. The third-order valence-electron chi connectivity index (χ3n) is 7.78. The Bertz CT molecular complexity index is 1070. The molecular formula is C27H33FN4O3. The molecule has 2 amide bonds. The van der Waals surface area contributed by atoms with Gasteiger partial charge >= 0.3 is 0 Å². The number of halogens is 1. The van der Waals surface area contributed by atoms with Crippen LogP contribution in [-0.4, -0.2) is 56.0 Å². The van der Waals surface area contributed by atoms with Crippen LogP contribution in [0.3, 0.4) is 0 Å². The van der Waals surface area contributed by atoms with Crippen molar-refractivity contribution in [2.75, 3.05) is 38.2 Å². The quantitative estimate of drug-likeness (QED) is 0.688. The highest BCUT2D eigenvalue weighted by Gasteiger charge is 2.40. The van der Waals surface area contributed by atoms with Gasteiger partial charge in [-0.1, -0.05) is 18.9 Å². The molecule has 2 aromatic carbocycles. The van der Waals surface area contributed by atoms with Crippen molar-refractivity contribution in [3.05, 3.63) is 59.4 Å². The van der Waals surface area contributed by atoms with Crippen LogP contribution in [0.5, 0.6) is 5.75 Å². The Morgan fingerprint density at radius 3 is 2.54 bits per heavy atom. The van der Waals surface area contributed by atoms with E-state index in [0.717, 1.165) is 42.7 Å². The van der Waals surface area contributed by atoms with Crippen molar-refractivity contribution in [2.24, 2.45) is 11.8 Å². The molecule has 3 unspecified atom stereocenters. The number of nitrogens with one attached hydrogen (secondary N) is 2. The summed E-state index contributed by atoms with van der Waals surface area (Å²) in [7, 11) is 1.64. The minimum Gasteiger partial charge on any atom is -0.497 e. The Labute approximate surface area is 205 Å². The van der Waals surface area contributed by atoms with E-state index >= 15 is 0 Å². The number of nitrogens with zero attached hydrogens (tertiary/aromatic N) is 2. The monoisotopic (exact) mass is 480 g/mol. The van der Waals surface area contributed by atoms with Gasteiger partial charge in [-0.3, -0.25) is 15.0 Å². The average molecular weight is 481 g/mol. The van der Waals surface area contributed by atoms with Crippen molar-refractivity contribution in [2.45, 2.75) is 38.1 Å². The van der Waals surface area contributed by atoms with Gasteiger partial charge in [-0.2, -0.15) is 0 Å². The highest BCUT2D eigenvalue weighted by atomic mass is 19.1. The number of fused-ring (bicyclic) bond motifs is 1. The molecule has 2 aliphatic heterocycles. The zero-order chi connectivity index (χ0) is 24.4. The van der Waals surface area contributed by atoms with Crippen LogP contribution >= 0.6 is 0 Å². The topological polar surface area (TPSA) is 73.9 Å². The Kier molecular flexibility index (Phi) is 6.90. The standard InChI is InChI=1S/C27H33FN4O3/c1-35-20-9-7-19(8-10-20)31-12-14-32(15-13-31)27(34)23-16-18(6-11-24(23)28)17-25-21-4-2-3-5-22(21)26(33)30-29-25/h6-11,16,21-22,25,29H,2-5,12-15,17H2,1H3,(H,30,33). The van der Waals surface area contributed by atoms with Gasteiger partial charge in [0, 0.05) is 43.8 Å². The fourth-order valence-electron chi connectivity index (χ4n) is 5.78. The summed E-state index contributed by atoms with van der Waals surface area (Å²) in [5, 5.41) is 0. The number of benzene rings is 2. The van der Waals surface area contributed by atoms with Gasteiger partial charge in [-0.05, 0) is 67.1 Å². The third kappa shape index (κ3) is 4.98. The fraction of sp³-hybridized carbons (Fsp3) is 0.481. The van der Waals surface area contributed by atoms with E-state index in [9.17, 15) is 14.0 Å². The number of methoxy groups -OCH3 is 1. The van der Waals surface area contributed by atoms with E-state index < -0.39 is 5.82 Å².